The van der Waals surface area contributed by atoms with Crippen LogP contribution in [0.4, 0.5) is 0 Å². The van der Waals surface area contributed by atoms with Crippen LogP contribution < -0.4 is 5.32 Å². The Morgan fingerprint density at radius 2 is 1.93 bits per heavy atom. The van der Waals surface area contributed by atoms with Crippen molar-refractivity contribution in [1.82, 2.24) is 20.1 Å². The zero-order chi connectivity index (χ0) is 20.8. The second-order valence-electron chi connectivity index (χ2n) is 7.43. The van der Waals surface area contributed by atoms with Crippen LogP contribution in [0.3, 0.4) is 0 Å². The van der Waals surface area contributed by atoms with Gasteiger partial charge in [0.1, 0.15) is 0 Å². The van der Waals surface area contributed by atoms with Crippen molar-refractivity contribution in [3.8, 4) is 0 Å². The van der Waals surface area contributed by atoms with E-state index in [1.54, 1.807) is 23.1 Å². The lowest BCUT2D eigenvalue weighted by Crippen LogP contribution is -2.51. The van der Waals surface area contributed by atoms with E-state index in [0.717, 1.165) is 26.9 Å². The Hall–Kier alpha value is -1.90. The van der Waals surface area contributed by atoms with Gasteiger partial charge < -0.3 is 10.2 Å². The Bertz CT molecular complexity index is 845. The molecular formula is C21H28N4O2S2. The Labute approximate surface area is 180 Å². The van der Waals surface area contributed by atoms with Gasteiger partial charge in [0.05, 0.1) is 22.8 Å². The Kier molecular flexibility index (Phi) is 7.69. The van der Waals surface area contributed by atoms with Crippen LogP contribution in [-0.2, 0) is 10.5 Å². The highest BCUT2D eigenvalue weighted by molar-refractivity contribution is 7.98. The van der Waals surface area contributed by atoms with Crippen LogP contribution >= 0.6 is 23.1 Å². The van der Waals surface area contributed by atoms with Gasteiger partial charge in [-0.2, -0.15) is 0 Å². The van der Waals surface area contributed by atoms with Crippen molar-refractivity contribution in [1.29, 1.82) is 0 Å². The van der Waals surface area contributed by atoms with E-state index in [9.17, 15) is 9.59 Å². The summed E-state index contributed by atoms with van der Waals surface area (Å²) in [5.41, 5.74) is 1.79. The van der Waals surface area contributed by atoms with Crippen molar-refractivity contribution < 1.29 is 9.59 Å². The Morgan fingerprint density at radius 3 is 2.59 bits per heavy atom. The number of thioether (sulfide) groups is 1. The molecule has 0 unspecified atom stereocenters. The summed E-state index contributed by atoms with van der Waals surface area (Å²) in [5, 5.41) is 6.05. The summed E-state index contributed by atoms with van der Waals surface area (Å²) in [6, 6.07) is 7.93. The highest BCUT2D eigenvalue weighted by atomic mass is 32.2. The van der Waals surface area contributed by atoms with E-state index < -0.39 is 0 Å². The quantitative estimate of drug-likeness (QED) is 0.682. The van der Waals surface area contributed by atoms with Gasteiger partial charge in [-0.15, -0.1) is 23.1 Å². The van der Waals surface area contributed by atoms with Crippen molar-refractivity contribution in [2.24, 2.45) is 0 Å². The number of nitrogens with one attached hydrogen (secondary N) is 1. The van der Waals surface area contributed by atoms with Crippen LogP contribution in [-0.4, -0.2) is 65.4 Å². The number of thiazole rings is 1. The molecule has 6 nitrogen and oxygen atoms in total. The first kappa shape index (κ1) is 21.8. The third-order valence-corrected chi connectivity index (χ3v) is 6.57. The minimum atomic E-state index is 0.0406. The highest BCUT2D eigenvalue weighted by Crippen LogP contribution is 2.28. The maximum atomic E-state index is 13.1. The normalized spacial score (nSPS) is 15.0. The summed E-state index contributed by atoms with van der Waals surface area (Å²) >= 11 is 3.30. The number of amides is 2. The predicted molar refractivity (Wildman–Crippen MR) is 118 cm³/mol. The molecule has 0 bridgehead atoms. The number of aryl methyl sites for hydroxylation is 1. The summed E-state index contributed by atoms with van der Waals surface area (Å²) in [4.78, 5) is 34.6. The lowest BCUT2D eigenvalue weighted by molar-refractivity contribution is -0.123. The van der Waals surface area contributed by atoms with Gasteiger partial charge in [-0.05, 0) is 32.9 Å². The second kappa shape index (κ2) is 10.2. The summed E-state index contributed by atoms with van der Waals surface area (Å²) in [7, 11) is 0. The van der Waals surface area contributed by atoms with Crippen molar-refractivity contribution >= 4 is 34.9 Å². The molecule has 0 spiro atoms. The topological polar surface area (TPSA) is 65.5 Å². The van der Waals surface area contributed by atoms with E-state index in [4.69, 9.17) is 0 Å². The van der Waals surface area contributed by atoms with Crippen LogP contribution in [0.15, 0.2) is 34.5 Å². The average molecular weight is 433 g/mol. The molecule has 0 saturated carbocycles. The van der Waals surface area contributed by atoms with Gasteiger partial charge in [0.2, 0.25) is 5.91 Å². The minimum Gasteiger partial charge on any atom is -0.353 e. The molecular weight excluding hydrogens is 404 g/mol. The zero-order valence-corrected chi connectivity index (χ0v) is 18.8. The molecule has 2 amide bonds. The van der Waals surface area contributed by atoms with Crippen molar-refractivity contribution in [2.45, 2.75) is 37.5 Å². The van der Waals surface area contributed by atoms with Crippen LogP contribution in [0.2, 0.25) is 0 Å². The van der Waals surface area contributed by atoms with Crippen LogP contribution in [0.5, 0.6) is 0 Å². The van der Waals surface area contributed by atoms with E-state index in [2.05, 4.69) is 20.6 Å². The third-order valence-electron chi connectivity index (χ3n) is 4.64. The lowest BCUT2D eigenvalue weighted by atomic mass is 10.2. The molecule has 3 rings (SSSR count). The van der Waals surface area contributed by atoms with Crippen molar-refractivity contribution in [3.63, 3.8) is 0 Å². The number of aromatic nitrogens is 1. The summed E-state index contributed by atoms with van der Waals surface area (Å²) in [5.74, 6) is 0.862. The number of piperazine rings is 1. The number of hydrogen-bond donors (Lipinski definition) is 1. The fourth-order valence-electron chi connectivity index (χ4n) is 3.25. The van der Waals surface area contributed by atoms with Gasteiger partial charge in [0.15, 0.2) is 0 Å². The molecule has 0 aliphatic carbocycles. The first-order valence-electron chi connectivity index (χ1n) is 9.86. The monoisotopic (exact) mass is 432 g/mol. The van der Waals surface area contributed by atoms with E-state index in [1.165, 1.54) is 0 Å². The number of benzene rings is 1. The molecule has 2 aromatic rings. The van der Waals surface area contributed by atoms with Crippen molar-refractivity contribution in [2.75, 3.05) is 32.7 Å². The second-order valence-corrected chi connectivity index (χ2v) is 9.51. The average Bonchev–Trinajstić information content (AvgIpc) is 3.11. The van der Waals surface area contributed by atoms with Crippen LogP contribution in [0.25, 0.3) is 0 Å². The molecule has 1 fully saturated rings. The summed E-state index contributed by atoms with van der Waals surface area (Å²) < 4.78 is 0. The number of rotatable bonds is 7. The first-order valence-corrected chi connectivity index (χ1v) is 11.7. The van der Waals surface area contributed by atoms with E-state index >= 15 is 0 Å². The molecule has 29 heavy (non-hydrogen) atoms. The number of nitrogens with zero attached hydrogens (tertiary/aromatic N) is 3. The number of carbonyl (C=O) groups is 2. The Balaban J connectivity index is 1.56. The van der Waals surface area contributed by atoms with Crippen molar-refractivity contribution in [3.05, 3.63) is 45.9 Å². The van der Waals surface area contributed by atoms with Gasteiger partial charge in [-0.25, -0.2) is 4.98 Å². The molecule has 156 valence electrons. The largest absolute Gasteiger partial charge is 0.353 e. The minimum absolute atomic E-state index is 0.0406. The highest BCUT2D eigenvalue weighted by Gasteiger charge is 2.25. The SMILES string of the molecule is Cc1nc(CSc2ccccc2C(=O)N2CCN(CC(=O)NC(C)C)CC2)cs1. The number of carbonyl (C=O) groups excluding carboxylic acids is 2. The molecule has 0 atom stereocenters. The zero-order valence-electron chi connectivity index (χ0n) is 17.2. The Morgan fingerprint density at radius 1 is 1.21 bits per heavy atom. The molecule has 1 saturated heterocycles. The van der Waals surface area contributed by atoms with Gasteiger partial charge >= 0.3 is 0 Å². The maximum absolute atomic E-state index is 13.1. The standard InChI is InChI=1S/C21H28N4O2S2/c1-15(2)22-20(26)12-24-8-10-25(11-9-24)21(27)18-6-4-5-7-19(18)29-14-17-13-28-16(3)23-17/h4-7,13,15H,8-12,14H2,1-3H3,(H,22,26). The first-order chi connectivity index (χ1) is 13.9. The fourth-order valence-corrected chi connectivity index (χ4v) is 4.90. The number of hydrogen-bond acceptors (Lipinski definition) is 6. The van der Waals surface area contributed by atoms with E-state index in [-0.39, 0.29) is 17.9 Å². The molecule has 1 aromatic heterocycles. The van der Waals surface area contributed by atoms with Gasteiger partial charge in [0, 0.05) is 48.2 Å². The van der Waals surface area contributed by atoms with Gasteiger partial charge in [-0.3, -0.25) is 14.5 Å². The van der Waals surface area contributed by atoms with Gasteiger partial charge in [-0.1, -0.05) is 12.1 Å². The van der Waals surface area contributed by atoms with Crippen LogP contribution in [0, 0.1) is 6.92 Å². The molecule has 0 radical (unpaired) electrons. The molecule has 1 aromatic carbocycles. The van der Waals surface area contributed by atoms with E-state index in [1.807, 2.05) is 49.9 Å². The smallest absolute Gasteiger partial charge is 0.255 e. The molecule has 1 aliphatic rings. The molecule has 1 aliphatic heterocycles. The lowest BCUT2D eigenvalue weighted by Gasteiger charge is -2.34. The maximum Gasteiger partial charge on any atom is 0.255 e. The molecule has 2 heterocycles. The molecule has 1 N–H and O–H groups in total. The fraction of sp³-hybridized carbons (Fsp3) is 0.476. The summed E-state index contributed by atoms with van der Waals surface area (Å²) in [6.07, 6.45) is 0. The van der Waals surface area contributed by atoms with E-state index in [0.29, 0.717) is 32.7 Å². The van der Waals surface area contributed by atoms with Gasteiger partial charge in [0.25, 0.3) is 5.91 Å². The summed E-state index contributed by atoms with van der Waals surface area (Å²) in [6.45, 7) is 9.01. The molecule has 8 heteroatoms. The third kappa shape index (κ3) is 6.29. The predicted octanol–water partition coefficient (Wildman–Crippen LogP) is 3.03. The van der Waals surface area contributed by atoms with Crippen LogP contribution in [0.1, 0.15) is 34.9 Å².